The molecule has 0 atom stereocenters. The highest BCUT2D eigenvalue weighted by Gasteiger charge is 2.48. The normalized spacial score (nSPS) is 19.1. The Labute approximate surface area is 152 Å². The van der Waals surface area contributed by atoms with E-state index in [-0.39, 0.29) is 16.4 Å². The second-order valence-corrected chi connectivity index (χ2v) is 9.28. The summed E-state index contributed by atoms with van der Waals surface area (Å²) in [5, 5.41) is 2.76. The molecule has 0 aromatic heterocycles. The molecule has 0 aliphatic carbocycles. The van der Waals surface area contributed by atoms with Crippen LogP contribution in [0, 0.1) is 0 Å². The van der Waals surface area contributed by atoms with E-state index in [1.54, 1.807) is 0 Å². The Kier molecular flexibility index (Phi) is 3.94. The van der Waals surface area contributed by atoms with Crippen LogP contribution in [0.4, 0.5) is 0 Å². The molecule has 2 nitrogen and oxygen atoms in total. The molecule has 0 amide bonds. The van der Waals surface area contributed by atoms with Gasteiger partial charge in [-0.1, -0.05) is 63.9 Å². The first-order valence-corrected chi connectivity index (χ1v) is 9.14. The highest BCUT2D eigenvalue weighted by atomic mass is 15.1. The van der Waals surface area contributed by atoms with E-state index in [1.807, 2.05) is 13.4 Å². The molecule has 0 fully saturated rings. The van der Waals surface area contributed by atoms with Crippen molar-refractivity contribution in [3.8, 4) is 0 Å². The van der Waals surface area contributed by atoms with Crippen molar-refractivity contribution in [2.75, 3.05) is 7.05 Å². The van der Waals surface area contributed by atoms with Crippen LogP contribution in [-0.4, -0.2) is 29.7 Å². The van der Waals surface area contributed by atoms with E-state index < -0.39 is 0 Å². The number of nitrogens with zero attached hydrogens (tertiary/aromatic N) is 2. The van der Waals surface area contributed by atoms with Gasteiger partial charge in [-0.25, -0.2) is 4.58 Å². The summed E-state index contributed by atoms with van der Waals surface area (Å²) in [5.74, 6) is 0. The predicted molar refractivity (Wildman–Crippen MR) is 110 cm³/mol. The highest BCUT2D eigenvalue weighted by Crippen LogP contribution is 2.46. The van der Waals surface area contributed by atoms with Crippen molar-refractivity contribution < 1.29 is 4.58 Å². The fourth-order valence-electron chi connectivity index (χ4n) is 4.06. The SMILES string of the molecule is CN=C[N+]1=Cc2cc(C(C)(C)C)c3ccccc3c2C(C)(C)C1(C)C. The summed E-state index contributed by atoms with van der Waals surface area (Å²) < 4.78 is 2.27. The Morgan fingerprint density at radius 2 is 1.60 bits per heavy atom. The van der Waals surface area contributed by atoms with Crippen molar-refractivity contribution in [1.82, 2.24) is 0 Å². The second kappa shape index (κ2) is 5.52. The van der Waals surface area contributed by atoms with Crippen LogP contribution in [-0.2, 0) is 10.8 Å². The van der Waals surface area contributed by atoms with Gasteiger partial charge in [-0.05, 0) is 47.2 Å². The lowest BCUT2D eigenvalue weighted by Crippen LogP contribution is -2.54. The van der Waals surface area contributed by atoms with Gasteiger partial charge >= 0.3 is 0 Å². The van der Waals surface area contributed by atoms with Crippen LogP contribution in [0.1, 0.15) is 65.2 Å². The summed E-state index contributed by atoms with van der Waals surface area (Å²) in [6.45, 7) is 16.2. The van der Waals surface area contributed by atoms with E-state index in [4.69, 9.17) is 0 Å². The number of hydrogen-bond donors (Lipinski definition) is 0. The highest BCUT2D eigenvalue weighted by molar-refractivity contribution is 5.98. The minimum Gasteiger partial charge on any atom is -0.231 e. The molecule has 132 valence electrons. The summed E-state index contributed by atoms with van der Waals surface area (Å²) in [4.78, 5) is 4.30. The maximum absolute atomic E-state index is 4.30. The smallest absolute Gasteiger partial charge is 0.231 e. The first-order valence-electron chi connectivity index (χ1n) is 9.14. The van der Waals surface area contributed by atoms with Crippen molar-refractivity contribution in [3.63, 3.8) is 0 Å². The molecule has 0 saturated heterocycles. The van der Waals surface area contributed by atoms with Crippen LogP contribution in [0.5, 0.6) is 0 Å². The molecule has 0 N–H and O–H groups in total. The standard InChI is InChI=1S/C23H31N2/c1-21(2,3)19-13-16-14-25(15-24-8)23(6,7)22(4,5)20(16)18-12-10-9-11-17(18)19/h9-15H,1-8H3/q+1. The van der Waals surface area contributed by atoms with Gasteiger partial charge in [-0.15, -0.1) is 0 Å². The summed E-state index contributed by atoms with van der Waals surface area (Å²) in [6, 6.07) is 11.3. The molecule has 0 radical (unpaired) electrons. The van der Waals surface area contributed by atoms with Gasteiger partial charge in [0, 0.05) is 11.0 Å². The summed E-state index contributed by atoms with van der Waals surface area (Å²) in [6.07, 6.45) is 4.23. The molecule has 0 saturated carbocycles. The van der Waals surface area contributed by atoms with Gasteiger partial charge in [0.15, 0.2) is 0 Å². The van der Waals surface area contributed by atoms with Gasteiger partial charge in [0.25, 0.3) is 6.34 Å². The van der Waals surface area contributed by atoms with Crippen LogP contribution in [0.2, 0.25) is 0 Å². The van der Waals surface area contributed by atoms with Gasteiger partial charge in [0.05, 0.1) is 6.21 Å². The Hall–Kier alpha value is -1.96. The van der Waals surface area contributed by atoms with Crippen LogP contribution >= 0.6 is 0 Å². The van der Waals surface area contributed by atoms with Gasteiger partial charge in [-0.2, -0.15) is 0 Å². The van der Waals surface area contributed by atoms with Crippen LogP contribution in [0.15, 0.2) is 35.3 Å². The van der Waals surface area contributed by atoms with Gasteiger partial charge < -0.3 is 0 Å². The third-order valence-electron chi connectivity index (χ3n) is 6.20. The molecule has 1 aliphatic heterocycles. The first-order chi connectivity index (χ1) is 11.5. The molecule has 2 aromatic rings. The first kappa shape index (κ1) is 17.8. The average molecular weight is 336 g/mol. The third-order valence-corrected chi connectivity index (χ3v) is 6.20. The molecule has 2 heteroatoms. The summed E-state index contributed by atoms with van der Waals surface area (Å²) in [5.41, 5.74) is 4.18. The predicted octanol–water partition coefficient (Wildman–Crippen LogP) is 5.30. The molecular weight excluding hydrogens is 304 g/mol. The number of benzene rings is 2. The maximum atomic E-state index is 4.30. The molecule has 1 heterocycles. The maximum Gasteiger partial charge on any atom is 0.280 e. The van der Waals surface area contributed by atoms with Crippen LogP contribution in [0.3, 0.4) is 0 Å². The van der Waals surface area contributed by atoms with Crippen molar-refractivity contribution in [3.05, 3.63) is 47.0 Å². The van der Waals surface area contributed by atoms with Gasteiger partial charge in [0.1, 0.15) is 12.6 Å². The van der Waals surface area contributed by atoms with Crippen LogP contribution < -0.4 is 0 Å². The lowest BCUT2D eigenvalue weighted by atomic mass is 9.64. The fraction of sp³-hybridized carbons (Fsp3) is 0.478. The summed E-state index contributed by atoms with van der Waals surface area (Å²) >= 11 is 0. The largest absolute Gasteiger partial charge is 0.280 e. The van der Waals surface area contributed by atoms with Crippen LogP contribution in [0.25, 0.3) is 10.8 Å². The van der Waals surface area contributed by atoms with E-state index in [1.165, 1.54) is 27.5 Å². The average Bonchev–Trinajstić information content (AvgIpc) is 2.51. The third kappa shape index (κ3) is 2.54. The van der Waals surface area contributed by atoms with Crippen molar-refractivity contribution in [2.24, 2.45) is 4.99 Å². The topological polar surface area (TPSA) is 15.4 Å². The molecule has 3 rings (SSSR count). The molecule has 0 spiro atoms. The minimum absolute atomic E-state index is 0.0196. The van der Waals surface area contributed by atoms with Gasteiger partial charge in [0.2, 0.25) is 0 Å². The van der Waals surface area contributed by atoms with E-state index >= 15 is 0 Å². The fourth-order valence-corrected chi connectivity index (χ4v) is 4.06. The Morgan fingerprint density at radius 1 is 1.00 bits per heavy atom. The van der Waals surface area contributed by atoms with E-state index in [9.17, 15) is 0 Å². The monoisotopic (exact) mass is 335 g/mol. The number of rotatable bonds is 1. The van der Waals surface area contributed by atoms with Crippen molar-refractivity contribution in [2.45, 2.75) is 64.8 Å². The minimum atomic E-state index is -0.0640. The quantitative estimate of drug-likeness (QED) is 0.382. The zero-order chi connectivity index (χ0) is 18.6. The summed E-state index contributed by atoms with van der Waals surface area (Å²) in [7, 11) is 1.84. The Bertz CT molecular complexity index is 890. The zero-order valence-electron chi connectivity index (χ0n) is 16.9. The lowest BCUT2D eigenvalue weighted by Gasteiger charge is -2.45. The number of hydrogen-bond acceptors (Lipinski definition) is 1. The second-order valence-electron chi connectivity index (χ2n) is 9.28. The molecule has 2 aromatic carbocycles. The van der Waals surface area contributed by atoms with E-state index in [0.717, 1.165) is 0 Å². The van der Waals surface area contributed by atoms with E-state index in [0.29, 0.717) is 0 Å². The molecule has 25 heavy (non-hydrogen) atoms. The Balaban J connectivity index is 2.50. The van der Waals surface area contributed by atoms with Crippen molar-refractivity contribution in [1.29, 1.82) is 0 Å². The molecular formula is C23H31N2+. The number of aliphatic imine (C=N–C) groups is 1. The van der Waals surface area contributed by atoms with Crippen molar-refractivity contribution >= 4 is 23.3 Å². The van der Waals surface area contributed by atoms with Gasteiger partial charge in [-0.3, -0.25) is 0 Å². The van der Waals surface area contributed by atoms with E-state index in [2.05, 4.69) is 94.6 Å². The number of fused-ring (bicyclic) bond motifs is 3. The molecule has 0 bridgehead atoms. The zero-order valence-corrected chi connectivity index (χ0v) is 16.9. The lowest BCUT2D eigenvalue weighted by molar-refractivity contribution is -0.502. The Morgan fingerprint density at radius 3 is 2.16 bits per heavy atom. The molecule has 0 unspecified atom stereocenters. The molecule has 1 aliphatic rings.